The average Bonchev–Trinajstić information content (AvgIpc) is 0.768. The summed E-state index contributed by atoms with van der Waals surface area (Å²) >= 11 is 0. The second-order valence-corrected chi connectivity index (χ2v) is 41.9. The maximum Gasteiger partial charge on any atom is 0.205 e. The molecular weight excluding hydrogens is 1830 g/mol. The maximum atomic E-state index is 13.9. The Kier molecular flexibility index (Phi) is 37.9. The van der Waals surface area contributed by atoms with Crippen molar-refractivity contribution >= 4 is 63.0 Å². The van der Waals surface area contributed by atoms with Crippen LogP contribution in [-0.2, 0) is 73.2 Å². The normalized spacial score (nSPS) is 13.3. The lowest BCUT2D eigenvalue weighted by Crippen LogP contribution is -2.25. The van der Waals surface area contributed by atoms with Crippen molar-refractivity contribution in [3.8, 4) is 28.7 Å². The highest BCUT2D eigenvalue weighted by atomic mass is 32.2. The molecule has 0 radical (unpaired) electrons. The molecule has 0 aliphatic carbocycles. The lowest BCUT2D eigenvalue weighted by molar-refractivity contribution is -0.106. The average molecular weight is 1930 g/mol. The first kappa shape index (κ1) is 104. The van der Waals surface area contributed by atoms with Crippen LogP contribution in [0.15, 0.2) is 386 Å². The molecule has 1 heterocycles. The molecule has 696 valence electrons. The second kappa shape index (κ2) is 48.5. The Bertz CT molecular complexity index is 6100. The van der Waals surface area contributed by atoms with E-state index < -0.39 is 98.2 Å². The van der Waals surface area contributed by atoms with Crippen LogP contribution in [0, 0.1) is 53.5 Å². The number of hydrogen-bond acceptors (Lipinski definition) is 13. The molecule has 4 unspecified atom stereocenters. The van der Waals surface area contributed by atoms with E-state index in [1.165, 1.54) is 98.0 Å². The van der Waals surface area contributed by atoms with Gasteiger partial charge < -0.3 is 32.6 Å². The fourth-order valence-electron chi connectivity index (χ4n) is 13.4. The van der Waals surface area contributed by atoms with Crippen LogP contribution in [0.4, 0.5) is 35.1 Å². The first-order valence-corrected chi connectivity index (χ1v) is 50.6. The molecular formula is C106H102F8O13S6. The third kappa shape index (κ3) is 28.9. The van der Waals surface area contributed by atoms with Crippen molar-refractivity contribution in [1.82, 2.24) is 0 Å². The Hall–Kier alpha value is -11.3. The summed E-state index contributed by atoms with van der Waals surface area (Å²) < 4.78 is 228. The standard InChI is InChI=1S/C23H23O2S.C22H23S.C19H17S.2C16H14F4O4S.C10H14O3S/c1-3-11-20(12-4-1)26(21-13-5-2-6-14-21)22-15-9-10-19(18-22)25-23-16-7-8-17-24-23;1-22(2,3)18-14-16-21(17-15-18)23(19-10-6-4-7-11-19)20-12-8-5-9-13-20;1-16-12-14-19(15-13-16)20(17-8-4-2-5-9-17)18-10-6-3-7-11-18;2*1-3-8(2)9-4-6-10(7-5-9)24-15-11(17)13(19)16(25(21,22)23)14(20)12(15)18;1-3-8(2)9-4-6-10(7-5-9)14(11,12)13/h1-6,9-15,18,23H,7-8,16-17H2;4-17H,1-3H3;2-15H,1H3;2*4-8H,3H2,1-2H3,(H,21,22,23);4-8H,3H2,1-2H3,(H,11,12,13)/q3*+1;;;/p-3. The molecule has 1 saturated heterocycles. The summed E-state index contributed by atoms with van der Waals surface area (Å²) in [5.41, 5.74) is 5.77. The molecule has 0 N–H and O–H groups in total. The van der Waals surface area contributed by atoms with Gasteiger partial charge in [0.1, 0.15) is 57.4 Å². The number of rotatable bonds is 24. The Morgan fingerprint density at radius 2 is 0.632 bits per heavy atom. The lowest BCUT2D eigenvalue weighted by atomic mass is 9.87. The smallest absolute Gasteiger partial charge is 0.205 e. The van der Waals surface area contributed by atoms with Crippen LogP contribution >= 0.6 is 0 Å². The summed E-state index contributed by atoms with van der Waals surface area (Å²) in [6.07, 6.45) is 5.84. The van der Waals surface area contributed by atoms with Crippen molar-refractivity contribution < 1.29 is 93.0 Å². The van der Waals surface area contributed by atoms with E-state index in [1.807, 2.05) is 33.8 Å². The van der Waals surface area contributed by atoms with E-state index in [2.05, 4.69) is 290 Å². The molecule has 1 aliphatic rings. The van der Waals surface area contributed by atoms with Gasteiger partial charge in [0.25, 0.3) is 0 Å². The minimum Gasteiger partial charge on any atom is -0.744 e. The Morgan fingerprint density at radius 3 is 0.910 bits per heavy atom. The molecule has 15 rings (SSSR count). The van der Waals surface area contributed by atoms with Crippen LogP contribution in [-0.4, -0.2) is 51.8 Å². The molecule has 4 atom stereocenters. The minimum atomic E-state index is -5.75. The van der Waals surface area contributed by atoms with Crippen LogP contribution in [0.3, 0.4) is 0 Å². The van der Waals surface area contributed by atoms with Crippen LogP contribution in [0.25, 0.3) is 0 Å². The Labute approximate surface area is 783 Å². The molecule has 0 amide bonds. The van der Waals surface area contributed by atoms with Crippen LogP contribution < -0.4 is 14.2 Å². The number of ether oxygens (including phenoxy) is 4. The molecule has 133 heavy (non-hydrogen) atoms. The Morgan fingerprint density at radius 1 is 0.346 bits per heavy atom. The number of hydrogen-bond donors (Lipinski definition) is 0. The van der Waals surface area contributed by atoms with Gasteiger partial charge in [-0.05, 0) is 230 Å². The maximum absolute atomic E-state index is 13.9. The van der Waals surface area contributed by atoms with E-state index in [4.69, 9.17) is 18.9 Å². The molecule has 14 aromatic carbocycles. The van der Waals surface area contributed by atoms with Gasteiger partial charge in [0.2, 0.25) is 34.8 Å². The fourth-order valence-corrected chi connectivity index (χ4v) is 21.4. The van der Waals surface area contributed by atoms with Crippen molar-refractivity contribution in [2.45, 2.75) is 196 Å². The highest BCUT2D eigenvalue weighted by Crippen LogP contribution is 2.41. The second-order valence-electron chi connectivity index (χ2n) is 31.8. The monoisotopic (exact) mass is 1930 g/mol. The van der Waals surface area contributed by atoms with Gasteiger partial charge in [-0.3, -0.25) is 0 Å². The highest BCUT2D eigenvalue weighted by molar-refractivity contribution is 7.97. The third-order valence-electron chi connectivity index (χ3n) is 21.3. The molecule has 27 heteroatoms. The molecule has 0 bridgehead atoms. The summed E-state index contributed by atoms with van der Waals surface area (Å²) in [6.45, 7) is 21.7. The molecule has 0 spiro atoms. The van der Waals surface area contributed by atoms with Crippen molar-refractivity contribution in [1.29, 1.82) is 0 Å². The van der Waals surface area contributed by atoms with Gasteiger partial charge in [0.05, 0.1) is 44.2 Å². The largest absolute Gasteiger partial charge is 0.744 e. The van der Waals surface area contributed by atoms with Crippen LogP contribution in [0.5, 0.6) is 28.7 Å². The van der Waals surface area contributed by atoms with Crippen molar-refractivity contribution in [2.24, 2.45) is 0 Å². The number of halogens is 8. The Balaban J connectivity index is 0.000000167. The van der Waals surface area contributed by atoms with Gasteiger partial charge in [-0.25, -0.2) is 42.8 Å². The van der Waals surface area contributed by atoms with E-state index in [1.54, 1.807) is 36.4 Å². The lowest BCUT2D eigenvalue weighted by Gasteiger charge is -2.23. The zero-order valence-corrected chi connectivity index (χ0v) is 79.6. The molecule has 0 aromatic heterocycles. The van der Waals surface area contributed by atoms with E-state index >= 15 is 0 Å². The first-order chi connectivity index (χ1) is 63.4. The SMILES string of the molecule is CC(C)(C)c1ccc([S+](c2ccccc2)c2ccccc2)cc1.CCC(C)c1ccc(Oc2c(F)c(F)c(S(=O)(=O)[O-])c(F)c2F)cc1.CCC(C)c1ccc(Oc2c(F)c(F)c(S(=O)(=O)[O-])c(F)c2F)cc1.CCC(C)c1ccc(S(=O)(=O)[O-])cc1.Cc1ccc([S+](c2ccccc2)c2ccccc2)cc1.c1ccc([S+](c2ccccc2)c2cccc(OC3CCCCO3)c2)cc1. The topological polar surface area (TPSA) is 209 Å². The summed E-state index contributed by atoms with van der Waals surface area (Å²) in [5.74, 6) is -19.3. The first-order valence-electron chi connectivity index (χ1n) is 42.7. The van der Waals surface area contributed by atoms with E-state index in [0.29, 0.717) is 5.92 Å². The minimum absolute atomic E-state index is 0.0229. The fraction of sp³-hybridized carbons (Fsp3) is 0.208. The van der Waals surface area contributed by atoms with E-state index in [-0.39, 0.29) is 72.6 Å². The van der Waals surface area contributed by atoms with Gasteiger partial charge in [0.15, 0.2) is 73.6 Å². The summed E-state index contributed by atoms with van der Waals surface area (Å²) in [5, 5.41) is 0. The molecule has 14 aromatic rings. The van der Waals surface area contributed by atoms with Gasteiger partial charge in [0, 0.05) is 12.5 Å². The molecule has 13 nitrogen and oxygen atoms in total. The quantitative estimate of drug-likeness (QED) is 0.0239. The van der Waals surface area contributed by atoms with Crippen molar-refractivity contribution in [2.75, 3.05) is 6.61 Å². The van der Waals surface area contributed by atoms with Gasteiger partial charge >= 0.3 is 0 Å². The zero-order valence-electron chi connectivity index (χ0n) is 74.7. The van der Waals surface area contributed by atoms with Crippen LogP contribution in [0.2, 0.25) is 0 Å². The van der Waals surface area contributed by atoms with Gasteiger partial charge in [-0.1, -0.05) is 244 Å². The summed E-state index contributed by atoms with van der Waals surface area (Å²) in [4.78, 5) is 7.47. The zero-order chi connectivity index (χ0) is 96.3. The third-order valence-corrected chi connectivity index (χ3v) is 30.6. The summed E-state index contributed by atoms with van der Waals surface area (Å²) in [6, 6.07) is 109. The van der Waals surface area contributed by atoms with Gasteiger partial charge in [-0.2, -0.15) is 17.6 Å². The van der Waals surface area contributed by atoms with Gasteiger partial charge in [-0.15, -0.1) is 0 Å². The van der Waals surface area contributed by atoms with Crippen molar-refractivity contribution in [3.05, 3.63) is 402 Å². The van der Waals surface area contributed by atoms with E-state index in [9.17, 15) is 74.0 Å². The molecule has 1 fully saturated rings. The predicted molar refractivity (Wildman–Crippen MR) is 504 cm³/mol. The van der Waals surface area contributed by atoms with Crippen molar-refractivity contribution in [3.63, 3.8) is 0 Å². The predicted octanol–water partition coefficient (Wildman–Crippen LogP) is 27.9. The number of benzene rings is 14. The highest BCUT2D eigenvalue weighted by Gasteiger charge is 2.35. The molecule has 1 aliphatic heterocycles. The summed E-state index contributed by atoms with van der Waals surface area (Å²) in [7, 11) is -16.0. The van der Waals surface area contributed by atoms with E-state index in [0.717, 1.165) is 61.2 Å². The molecule has 0 saturated carbocycles. The number of aryl methyl sites for hydroxylation is 1. The van der Waals surface area contributed by atoms with Crippen LogP contribution in [0.1, 0.15) is 146 Å².